The van der Waals surface area contributed by atoms with E-state index >= 15 is 0 Å². The zero-order valence-electron chi connectivity index (χ0n) is 20.8. The van der Waals surface area contributed by atoms with Crippen molar-refractivity contribution in [2.45, 2.75) is 50.1 Å². The summed E-state index contributed by atoms with van der Waals surface area (Å²) in [5.74, 6) is 0. The molecule has 0 saturated carbocycles. The lowest BCUT2D eigenvalue weighted by Gasteiger charge is -2.48. The Morgan fingerprint density at radius 2 is 1.35 bits per heavy atom. The van der Waals surface area contributed by atoms with Crippen LogP contribution in [0.5, 0.6) is 0 Å². The summed E-state index contributed by atoms with van der Waals surface area (Å²) in [6.45, 7) is 12.0. The summed E-state index contributed by atoms with van der Waals surface area (Å²) < 4.78 is 29.1. The van der Waals surface area contributed by atoms with Gasteiger partial charge < -0.3 is 0 Å². The van der Waals surface area contributed by atoms with Crippen LogP contribution < -0.4 is 10.4 Å². The van der Waals surface area contributed by atoms with E-state index in [0.29, 0.717) is 18.0 Å². The molecule has 1 heterocycles. The SMILES string of the molecule is C/C=C1/CN(S(=O)(=O)c2ccc(C)cc2)C[C@@H]1[Si](c1ccccc1)(c1ccccc1)C(C)(C)C. The molecular formula is C29H35NO2SSi. The van der Waals surface area contributed by atoms with Crippen molar-refractivity contribution >= 4 is 28.5 Å². The van der Waals surface area contributed by atoms with E-state index in [1.54, 1.807) is 16.4 Å². The molecule has 0 amide bonds. The predicted octanol–water partition coefficient (Wildman–Crippen LogP) is 5.38. The van der Waals surface area contributed by atoms with Crippen LogP contribution in [0.15, 0.2) is 101 Å². The highest BCUT2D eigenvalue weighted by Gasteiger charge is 2.57. The monoisotopic (exact) mass is 489 g/mol. The number of benzene rings is 3. The molecule has 3 aromatic carbocycles. The van der Waals surface area contributed by atoms with E-state index in [9.17, 15) is 8.42 Å². The molecule has 1 atom stereocenters. The number of hydrogen-bond acceptors (Lipinski definition) is 2. The topological polar surface area (TPSA) is 37.4 Å². The maximum atomic E-state index is 13.7. The molecular weight excluding hydrogens is 454 g/mol. The number of allylic oxidation sites excluding steroid dienone is 1. The third kappa shape index (κ3) is 4.10. The van der Waals surface area contributed by atoms with Crippen molar-refractivity contribution < 1.29 is 8.42 Å². The minimum atomic E-state index is -3.59. The van der Waals surface area contributed by atoms with Crippen LogP contribution >= 0.6 is 0 Å². The van der Waals surface area contributed by atoms with Crippen molar-refractivity contribution in [2.75, 3.05) is 13.1 Å². The lowest BCUT2D eigenvalue weighted by atomic mass is 10.2. The first-order valence-electron chi connectivity index (χ1n) is 12.0. The summed E-state index contributed by atoms with van der Waals surface area (Å²) in [6, 6.07) is 28.9. The molecule has 0 aromatic heterocycles. The molecule has 4 rings (SSSR count). The molecule has 34 heavy (non-hydrogen) atoms. The van der Waals surface area contributed by atoms with Crippen molar-refractivity contribution in [3.63, 3.8) is 0 Å². The molecule has 0 radical (unpaired) electrons. The van der Waals surface area contributed by atoms with Gasteiger partial charge in [0.25, 0.3) is 0 Å². The summed E-state index contributed by atoms with van der Waals surface area (Å²) in [5.41, 5.74) is 2.42. The Bertz CT molecular complexity index is 1220. The molecule has 0 bridgehead atoms. The fourth-order valence-corrected chi connectivity index (χ4v) is 14.0. The molecule has 1 saturated heterocycles. The van der Waals surface area contributed by atoms with Gasteiger partial charge in [-0.25, -0.2) is 8.42 Å². The van der Waals surface area contributed by atoms with Gasteiger partial charge in [-0.05, 0) is 36.6 Å². The first kappa shape index (κ1) is 24.6. The quantitative estimate of drug-likeness (QED) is 0.356. The van der Waals surface area contributed by atoms with Crippen molar-refractivity contribution in [3.8, 4) is 0 Å². The average molecular weight is 490 g/mol. The lowest BCUT2D eigenvalue weighted by molar-refractivity contribution is 0.479. The van der Waals surface area contributed by atoms with Crippen LogP contribution in [0.3, 0.4) is 0 Å². The standard InChI is InChI=1S/C29H35NO2SSi/c1-6-24-21-30(33(31,32)25-19-17-23(2)18-20-25)22-28(24)34(29(3,4)5,26-13-9-7-10-14-26)27-15-11-8-12-16-27/h6-20,28H,21-22H2,1-5H3/b24-6-/t28-/m0/s1. The predicted molar refractivity (Wildman–Crippen MR) is 145 cm³/mol. The van der Waals surface area contributed by atoms with Gasteiger partial charge in [0.15, 0.2) is 0 Å². The highest BCUT2D eigenvalue weighted by molar-refractivity contribution is 7.89. The van der Waals surface area contributed by atoms with Crippen molar-refractivity contribution in [2.24, 2.45) is 0 Å². The van der Waals surface area contributed by atoms with E-state index in [0.717, 1.165) is 5.56 Å². The second-order valence-electron chi connectivity index (χ2n) is 10.3. The van der Waals surface area contributed by atoms with Gasteiger partial charge in [-0.15, -0.1) is 0 Å². The van der Waals surface area contributed by atoms with E-state index < -0.39 is 18.1 Å². The highest BCUT2D eigenvalue weighted by atomic mass is 32.2. The van der Waals surface area contributed by atoms with Crippen LogP contribution in [-0.2, 0) is 10.0 Å². The Kier molecular flexibility index (Phi) is 6.73. The van der Waals surface area contributed by atoms with Gasteiger partial charge in [-0.2, -0.15) is 4.31 Å². The van der Waals surface area contributed by atoms with Gasteiger partial charge in [0.05, 0.1) is 4.90 Å². The van der Waals surface area contributed by atoms with Crippen LogP contribution in [0.2, 0.25) is 10.6 Å². The van der Waals surface area contributed by atoms with Gasteiger partial charge >= 0.3 is 0 Å². The molecule has 3 nitrogen and oxygen atoms in total. The van der Waals surface area contributed by atoms with Gasteiger partial charge in [0.2, 0.25) is 10.0 Å². The smallest absolute Gasteiger partial charge is 0.207 e. The van der Waals surface area contributed by atoms with E-state index in [-0.39, 0.29) is 10.6 Å². The minimum absolute atomic E-state index is 0.0434. The van der Waals surface area contributed by atoms with Crippen molar-refractivity contribution in [1.82, 2.24) is 4.31 Å². The second-order valence-corrected chi connectivity index (χ2v) is 17.2. The first-order valence-corrected chi connectivity index (χ1v) is 15.5. The van der Waals surface area contributed by atoms with E-state index in [2.05, 4.69) is 94.4 Å². The van der Waals surface area contributed by atoms with Gasteiger partial charge in [0, 0.05) is 13.1 Å². The van der Waals surface area contributed by atoms with E-state index in [4.69, 9.17) is 0 Å². The third-order valence-corrected chi connectivity index (χ3v) is 15.7. The van der Waals surface area contributed by atoms with Gasteiger partial charge in [0.1, 0.15) is 8.07 Å². The Labute approximate surface area is 206 Å². The minimum Gasteiger partial charge on any atom is -0.207 e. The number of aryl methyl sites for hydroxylation is 1. The maximum absolute atomic E-state index is 13.7. The highest BCUT2D eigenvalue weighted by Crippen LogP contribution is 2.49. The lowest BCUT2D eigenvalue weighted by Crippen LogP contribution is -2.67. The zero-order chi connectivity index (χ0) is 24.6. The van der Waals surface area contributed by atoms with Crippen LogP contribution in [0, 0.1) is 6.92 Å². The average Bonchev–Trinajstić information content (AvgIpc) is 3.26. The maximum Gasteiger partial charge on any atom is 0.243 e. The molecule has 5 heteroatoms. The number of rotatable bonds is 5. The summed E-state index contributed by atoms with van der Waals surface area (Å²) in [6.07, 6.45) is 2.16. The largest absolute Gasteiger partial charge is 0.243 e. The molecule has 3 aromatic rings. The zero-order valence-corrected chi connectivity index (χ0v) is 22.6. The van der Waals surface area contributed by atoms with Gasteiger partial charge in [-0.3, -0.25) is 0 Å². The Morgan fingerprint density at radius 3 is 1.79 bits per heavy atom. The normalized spacial score (nSPS) is 19.0. The Balaban J connectivity index is 1.91. The van der Waals surface area contributed by atoms with Gasteiger partial charge in [-0.1, -0.05) is 121 Å². The second kappa shape index (κ2) is 9.29. The Hall–Kier alpha value is -2.47. The molecule has 1 aliphatic rings. The van der Waals surface area contributed by atoms with E-state index in [1.807, 2.05) is 19.1 Å². The third-order valence-electron chi connectivity index (χ3n) is 7.39. The van der Waals surface area contributed by atoms with Crippen LogP contribution in [-0.4, -0.2) is 33.9 Å². The van der Waals surface area contributed by atoms with Crippen LogP contribution in [0.1, 0.15) is 33.3 Å². The summed E-state index contributed by atoms with van der Waals surface area (Å²) in [4.78, 5) is 0.372. The molecule has 0 N–H and O–H groups in total. The summed E-state index contributed by atoms with van der Waals surface area (Å²) >= 11 is 0. The number of nitrogens with zero attached hydrogens (tertiary/aromatic N) is 1. The van der Waals surface area contributed by atoms with Crippen molar-refractivity contribution in [3.05, 3.63) is 102 Å². The molecule has 0 spiro atoms. The fraction of sp³-hybridized carbons (Fsp3) is 0.310. The fourth-order valence-electron chi connectivity index (χ4n) is 5.81. The first-order chi connectivity index (χ1) is 16.1. The molecule has 1 aliphatic heterocycles. The van der Waals surface area contributed by atoms with E-state index in [1.165, 1.54) is 15.9 Å². The van der Waals surface area contributed by atoms with Crippen molar-refractivity contribution in [1.29, 1.82) is 0 Å². The van der Waals surface area contributed by atoms with Crippen LogP contribution in [0.25, 0.3) is 0 Å². The summed E-state index contributed by atoms with van der Waals surface area (Å²) in [5, 5.41) is 2.67. The summed E-state index contributed by atoms with van der Waals surface area (Å²) in [7, 11) is -6.09. The number of hydrogen-bond donors (Lipinski definition) is 0. The molecule has 0 unspecified atom stereocenters. The Morgan fingerprint density at radius 1 is 0.853 bits per heavy atom. The number of sulfonamides is 1. The molecule has 0 aliphatic carbocycles. The molecule has 178 valence electrons. The van der Waals surface area contributed by atoms with Crippen LogP contribution in [0.4, 0.5) is 0 Å². The molecule has 1 fully saturated rings.